The van der Waals surface area contributed by atoms with Gasteiger partial charge in [0.15, 0.2) is 0 Å². The van der Waals surface area contributed by atoms with Crippen molar-refractivity contribution in [1.82, 2.24) is 9.97 Å². The van der Waals surface area contributed by atoms with Crippen LogP contribution in [-0.2, 0) is 11.0 Å². The molecule has 0 bridgehead atoms. The molecule has 0 aliphatic rings. The van der Waals surface area contributed by atoms with E-state index in [1.807, 2.05) is 0 Å². The van der Waals surface area contributed by atoms with Gasteiger partial charge in [-0.2, -0.15) is 13.2 Å². The largest absolute Gasteiger partial charge is 0.417 e. The Balaban J connectivity index is 1.86. The summed E-state index contributed by atoms with van der Waals surface area (Å²) in [5.74, 6) is 0.237. The number of pyridine rings is 2. The van der Waals surface area contributed by atoms with Gasteiger partial charge in [-0.05, 0) is 25.1 Å². The molecule has 128 valence electrons. The number of anilines is 2. The maximum absolute atomic E-state index is 12.5. The topological polar surface area (TPSA) is 66.9 Å². The van der Waals surface area contributed by atoms with Crippen molar-refractivity contribution < 1.29 is 18.0 Å². The van der Waals surface area contributed by atoms with Crippen molar-refractivity contribution in [2.24, 2.45) is 0 Å². The van der Waals surface area contributed by atoms with Crippen LogP contribution in [0.2, 0.25) is 5.02 Å². The third-order valence-electron chi connectivity index (χ3n) is 2.97. The first-order valence-electron chi connectivity index (χ1n) is 6.96. The van der Waals surface area contributed by atoms with Gasteiger partial charge in [0, 0.05) is 24.9 Å². The fourth-order valence-corrected chi connectivity index (χ4v) is 2.07. The first kappa shape index (κ1) is 18.0. The van der Waals surface area contributed by atoms with Crippen molar-refractivity contribution >= 4 is 29.1 Å². The predicted octanol–water partition coefficient (Wildman–Crippen LogP) is 3.90. The first-order chi connectivity index (χ1) is 11.3. The van der Waals surface area contributed by atoms with Crippen LogP contribution in [0.25, 0.3) is 0 Å². The number of hydrogen-bond acceptors (Lipinski definition) is 4. The van der Waals surface area contributed by atoms with Crippen LogP contribution >= 0.6 is 11.6 Å². The lowest BCUT2D eigenvalue weighted by Gasteiger charge is -2.11. The van der Waals surface area contributed by atoms with Gasteiger partial charge in [-0.15, -0.1) is 0 Å². The molecule has 24 heavy (non-hydrogen) atoms. The Labute approximate surface area is 141 Å². The number of carbonyl (C=O) groups excluding carboxylic acids is 1. The van der Waals surface area contributed by atoms with Gasteiger partial charge in [0.2, 0.25) is 5.91 Å². The van der Waals surface area contributed by atoms with Crippen molar-refractivity contribution in [1.29, 1.82) is 0 Å². The minimum atomic E-state index is -4.50. The maximum atomic E-state index is 12.5. The van der Waals surface area contributed by atoms with E-state index in [-0.39, 0.29) is 29.7 Å². The van der Waals surface area contributed by atoms with Crippen LogP contribution in [0.5, 0.6) is 0 Å². The van der Waals surface area contributed by atoms with Crippen molar-refractivity contribution in [3.63, 3.8) is 0 Å². The molecule has 2 aromatic rings. The second kappa shape index (κ2) is 7.48. The summed E-state index contributed by atoms with van der Waals surface area (Å²) < 4.78 is 37.5. The highest BCUT2D eigenvalue weighted by atomic mass is 35.5. The van der Waals surface area contributed by atoms with Crippen LogP contribution < -0.4 is 10.6 Å². The number of nitrogens with one attached hydrogen (secondary N) is 2. The summed E-state index contributed by atoms with van der Waals surface area (Å²) >= 11 is 5.76. The molecule has 0 saturated heterocycles. The molecule has 0 aromatic carbocycles. The second-order valence-electron chi connectivity index (χ2n) is 4.94. The lowest BCUT2D eigenvalue weighted by atomic mass is 10.2. The number of nitrogens with zero attached hydrogens (tertiary/aromatic N) is 2. The summed E-state index contributed by atoms with van der Waals surface area (Å²) in [6, 6.07) is 6.01. The Kier molecular flexibility index (Phi) is 5.61. The quantitative estimate of drug-likeness (QED) is 0.850. The number of rotatable bonds is 5. The van der Waals surface area contributed by atoms with Crippen molar-refractivity contribution in [3.05, 3.63) is 46.7 Å². The molecule has 0 atom stereocenters. The minimum absolute atomic E-state index is 0.0780. The van der Waals surface area contributed by atoms with E-state index in [0.717, 1.165) is 11.8 Å². The Morgan fingerprint density at radius 1 is 1.33 bits per heavy atom. The minimum Gasteiger partial charge on any atom is -0.368 e. The van der Waals surface area contributed by atoms with Gasteiger partial charge in [-0.25, -0.2) is 9.97 Å². The number of carbonyl (C=O) groups is 1. The molecular weight excluding hydrogens is 345 g/mol. The molecule has 0 spiro atoms. The third kappa shape index (κ3) is 5.09. The number of aromatic nitrogens is 2. The highest BCUT2D eigenvalue weighted by Crippen LogP contribution is 2.32. The molecule has 2 aromatic heterocycles. The molecule has 0 fully saturated rings. The van der Waals surface area contributed by atoms with Crippen LogP contribution in [0.3, 0.4) is 0 Å². The van der Waals surface area contributed by atoms with E-state index in [4.69, 9.17) is 11.6 Å². The number of amides is 1. The zero-order chi connectivity index (χ0) is 17.7. The Bertz CT molecular complexity index is 737. The van der Waals surface area contributed by atoms with Gasteiger partial charge < -0.3 is 10.6 Å². The van der Waals surface area contributed by atoms with Crippen LogP contribution in [0, 0.1) is 6.92 Å². The van der Waals surface area contributed by atoms with E-state index in [1.54, 1.807) is 25.1 Å². The number of halogens is 4. The molecular formula is C15H14ClF3N4O. The fraction of sp³-hybridized carbons (Fsp3) is 0.267. The van der Waals surface area contributed by atoms with E-state index < -0.39 is 11.7 Å². The van der Waals surface area contributed by atoms with Gasteiger partial charge in [0.25, 0.3) is 0 Å². The van der Waals surface area contributed by atoms with E-state index in [1.165, 1.54) is 0 Å². The van der Waals surface area contributed by atoms with E-state index in [0.29, 0.717) is 12.0 Å². The lowest BCUT2D eigenvalue weighted by molar-refractivity contribution is -0.137. The highest BCUT2D eigenvalue weighted by molar-refractivity contribution is 6.32. The smallest absolute Gasteiger partial charge is 0.368 e. The maximum Gasteiger partial charge on any atom is 0.417 e. The monoisotopic (exact) mass is 358 g/mol. The normalized spacial score (nSPS) is 11.2. The molecule has 9 heteroatoms. The second-order valence-corrected chi connectivity index (χ2v) is 5.35. The molecule has 2 N–H and O–H groups in total. The van der Waals surface area contributed by atoms with Gasteiger partial charge in [0.1, 0.15) is 11.6 Å². The Hall–Kier alpha value is -2.35. The zero-order valence-electron chi connectivity index (χ0n) is 12.6. The Morgan fingerprint density at radius 2 is 2.08 bits per heavy atom. The van der Waals surface area contributed by atoms with Gasteiger partial charge in [-0.1, -0.05) is 17.7 Å². The van der Waals surface area contributed by atoms with Crippen LogP contribution in [0.15, 0.2) is 30.5 Å². The zero-order valence-corrected chi connectivity index (χ0v) is 13.4. The summed E-state index contributed by atoms with van der Waals surface area (Å²) in [6.07, 6.45) is -3.74. The number of aryl methyl sites for hydroxylation is 1. The standard InChI is InChI=1S/C15H14ClF3N4O/c1-9-3-2-4-12(22-9)23-13(24)5-6-20-14-11(16)7-10(8-21-14)15(17,18)19/h2-4,7-8H,5-6H2,1H3,(H,20,21)(H,22,23,24). The lowest BCUT2D eigenvalue weighted by Crippen LogP contribution is -2.17. The van der Waals surface area contributed by atoms with E-state index >= 15 is 0 Å². The number of hydrogen-bond donors (Lipinski definition) is 2. The van der Waals surface area contributed by atoms with Crippen molar-refractivity contribution in [2.45, 2.75) is 19.5 Å². The molecule has 0 aliphatic heterocycles. The average Bonchev–Trinajstić information content (AvgIpc) is 2.48. The molecule has 0 saturated carbocycles. The number of alkyl halides is 3. The van der Waals surface area contributed by atoms with Crippen LogP contribution in [0.1, 0.15) is 17.7 Å². The molecule has 0 radical (unpaired) electrons. The summed E-state index contributed by atoms with van der Waals surface area (Å²) in [4.78, 5) is 19.6. The fourth-order valence-electron chi connectivity index (χ4n) is 1.84. The average molecular weight is 359 g/mol. The molecule has 2 rings (SSSR count). The predicted molar refractivity (Wildman–Crippen MR) is 85.0 cm³/mol. The van der Waals surface area contributed by atoms with Crippen LogP contribution in [0.4, 0.5) is 24.8 Å². The van der Waals surface area contributed by atoms with Gasteiger partial charge in [0.05, 0.1) is 10.6 Å². The van der Waals surface area contributed by atoms with E-state index in [2.05, 4.69) is 20.6 Å². The van der Waals surface area contributed by atoms with Gasteiger partial charge in [-0.3, -0.25) is 4.79 Å². The first-order valence-corrected chi connectivity index (χ1v) is 7.33. The molecule has 5 nitrogen and oxygen atoms in total. The van der Waals surface area contributed by atoms with E-state index in [9.17, 15) is 18.0 Å². The van der Waals surface area contributed by atoms with Crippen molar-refractivity contribution in [2.75, 3.05) is 17.2 Å². The molecule has 1 amide bonds. The summed E-state index contributed by atoms with van der Waals surface area (Å²) in [7, 11) is 0. The molecule has 0 unspecified atom stereocenters. The molecule has 0 aliphatic carbocycles. The van der Waals surface area contributed by atoms with Crippen molar-refractivity contribution in [3.8, 4) is 0 Å². The highest BCUT2D eigenvalue weighted by Gasteiger charge is 2.31. The third-order valence-corrected chi connectivity index (χ3v) is 3.26. The summed E-state index contributed by atoms with van der Waals surface area (Å²) in [6.45, 7) is 1.96. The SMILES string of the molecule is Cc1cccc(NC(=O)CCNc2ncc(C(F)(F)F)cc2Cl)n1. The summed E-state index contributed by atoms with van der Waals surface area (Å²) in [5.41, 5.74) is -0.159. The molecule has 2 heterocycles. The van der Waals surface area contributed by atoms with Gasteiger partial charge >= 0.3 is 6.18 Å². The summed E-state index contributed by atoms with van der Waals surface area (Å²) in [5, 5.41) is 5.19. The Morgan fingerprint density at radius 3 is 2.71 bits per heavy atom. The van der Waals surface area contributed by atoms with Crippen LogP contribution in [-0.4, -0.2) is 22.4 Å².